The number of methoxy groups -OCH3 is 1. The summed E-state index contributed by atoms with van der Waals surface area (Å²) in [4.78, 5) is 41.0. The van der Waals surface area contributed by atoms with E-state index in [1.165, 1.54) is 34.6 Å². The van der Waals surface area contributed by atoms with Gasteiger partial charge in [0.2, 0.25) is 5.91 Å². The normalized spacial score (nSPS) is 10.9. The first-order valence-corrected chi connectivity index (χ1v) is 10.4. The Hall–Kier alpha value is -2.49. The smallest absolute Gasteiger partial charge is 0.272 e. The molecular formula is C19H19N3O4S2. The fourth-order valence-electron chi connectivity index (χ4n) is 2.56. The Labute approximate surface area is 169 Å². The summed E-state index contributed by atoms with van der Waals surface area (Å²) in [5.74, 6) is -0.233. The molecule has 0 spiro atoms. The molecule has 1 amide bonds. The van der Waals surface area contributed by atoms with Gasteiger partial charge in [0.15, 0.2) is 10.9 Å². The largest absolute Gasteiger partial charge is 0.383 e. The molecule has 0 radical (unpaired) electrons. The average Bonchev–Trinajstić information content (AvgIpc) is 3.15. The molecule has 7 nitrogen and oxygen atoms in total. The van der Waals surface area contributed by atoms with Gasteiger partial charge in [0.1, 0.15) is 4.70 Å². The molecule has 28 heavy (non-hydrogen) atoms. The predicted octanol–water partition coefficient (Wildman–Crippen LogP) is 3.04. The van der Waals surface area contributed by atoms with Crippen LogP contribution in [0.1, 0.15) is 17.3 Å². The van der Waals surface area contributed by atoms with Gasteiger partial charge in [0, 0.05) is 18.4 Å². The van der Waals surface area contributed by atoms with Crippen molar-refractivity contribution in [1.82, 2.24) is 9.55 Å². The summed E-state index contributed by atoms with van der Waals surface area (Å²) in [5.41, 5.74) is 1.58. The molecule has 1 N–H and O–H groups in total. The molecule has 0 aliphatic heterocycles. The molecule has 9 heteroatoms. The molecule has 0 bridgehead atoms. The minimum absolute atomic E-state index is 0.0686. The molecule has 146 valence electrons. The molecule has 0 aliphatic carbocycles. The second kappa shape index (κ2) is 9.13. The van der Waals surface area contributed by atoms with Crippen LogP contribution in [0.15, 0.2) is 45.7 Å². The van der Waals surface area contributed by atoms with Gasteiger partial charge in [-0.05, 0) is 30.5 Å². The first-order chi connectivity index (χ1) is 13.5. The van der Waals surface area contributed by atoms with Gasteiger partial charge in [0.05, 0.1) is 24.4 Å². The van der Waals surface area contributed by atoms with Crippen LogP contribution in [0.2, 0.25) is 0 Å². The van der Waals surface area contributed by atoms with Crippen molar-refractivity contribution in [1.29, 1.82) is 0 Å². The zero-order chi connectivity index (χ0) is 20.1. The fraction of sp³-hybridized carbons (Fsp3) is 0.263. The van der Waals surface area contributed by atoms with Crippen LogP contribution in [0.4, 0.5) is 5.69 Å². The number of thiophene rings is 1. The van der Waals surface area contributed by atoms with Crippen LogP contribution in [0, 0.1) is 0 Å². The molecule has 0 aliphatic rings. The molecule has 0 fully saturated rings. The summed E-state index contributed by atoms with van der Waals surface area (Å²) in [7, 11) is 1.57. The Bertz CT molecular complexity index is 1070. The van der Waals surface area contributed by atoms with E-state index in [9.17, 15) is 14.4 Å². The van der Waals surface area contributed by atoms with Crippen molar-refractivity contribution < 1.29 is 14.3 Å². The van der Waals surface area contributed by atoms with Crippen LogP contribution < -0.4 is 10.9 Å². The monoisotopic (exact) mass is 417 g/mol. The van der Waals surface area contributed by atoms with Gasteiger partial charge in [-0.2, -0.15) is 0 Å². The van der Waals surface area contributed by atoms with Crippen molar-refractivity contribution in [3.8, 4) is 0 Å². The molecule has 2 heterocycles. The number of fused-ring (bicyclic) bond motifs is 1. The Morgan fingerprint density at radius 1 is 1.32 bits per heavy atom. The summed E-state index contributed by atoms with van der Waals surface area (Å²) < 4.78 is 7.21. The number of amides is 1. The van der Waals surface area contributed by atoms with Crippen LogP contribution in [0.25, 0.3) is 10.2 Å². The number of Topliss-reactive ketones (excluding diaryl/α,β-unsaturated/α-hetero) is 1. The third kappa shape index (κ3) is 4.67. The molecule has 0 unspecified atom stereocenters. The maximum atomic E-state index is 12.7. The molecule has 0 saturated carbocycles. The predicted molar refractivity (Wildman–Crippen MR) is 112 cm³/mol. The van der Waals surface area contributed by atoms with Crippen molar-refractivity contribution in [2.24, 2.45) is 0 Å². The lowest BCUT2D eigenvalue weighted by Crippen LogP contribution is -2.25. The number of ether oxygens (including phenoxy) is 1. The lowest BCUT2D eigenvalue weighted by Gasteiger charge is -2.11. The topological polar surface area (TPSA) is 90.3 Å². The van der Waals surface area contributed by atoms with Crippen LogP contribution >= 0.6 is 23.1 Å². The van der Waals surface area contributed by atoms with Crippen molar-refractivity contribution in [2.75, 3.05) is 24.8 Å². The van der Waals surface area contributed by atoms with Gasteiger partial charge in [0.25, 0.3) is 5.56 Å². The summed E-state index contributed by atoms with van der Waals surface area (Å²) in [6.07, 6.45) is 0. The van der Waals surface area contributed by atoms with Gasteiger partial charge in [-0.1, -0.05) is 23.9 Å². The first kappa shape index (κ1) is 20.2. The molecule has 2 aromatic heterocycles. The fourth-order valence-corrected chi connectivity index (χ4v) is 4.16. The van der Waals surface area contributed by atoms with E-state index in [0.29, 0.717) is 39.8 Å². The standard InChI is InChI=1S/C19H19N3O4S2/c1-12(23)13-4-3-5-14(10-13)20-16(24)11-28-19-21-15-6-9-27-17(15)18(25)22(19)7-8-26-2/h3-6,9-10H,7-8,11H2,1-2H3,(H,20,24). The Kier molecular flexibility index (Phi) is 6.61. The van der Waals surface area contributed by atoms with Crippen LogP contribution in [0.3, 0.4) is 0 Å². The van der Waals surface area contributed by atoms with E-state index in [4.69, 9.17) is 4.74 Å². The van der Waals surface area contributed by atoms with Gasteiger partial charge < -0.3 is 10.1 Å². The minimum atomic E-state index is -0.247. The van der Waals surface area contributed by atoms with E-state index in [1.807, 2.05) is 5.38 Å². The summed E-state index contributed by atoms with van der Waals surface area (Å²) in [5, 5.41) is 5.06. The van der Waals surface area contributed by atoms with Crippen molar-refractivity contribution in [3.05, 3.63) is 51.6 Å². The summed E-state index contributed by atoms with van der Waals surface area (Å²) in [6, 6.07) is 8.56. The Morgan fingerprint density at radius 3 is 2.89 bits per heavy atom. The third-order valence-corrected chi connectivity index (χ3v) is 5.80. The number of nitrogens with one attached hydrogen (secondary N) is 1. The van der Waals surface area contributed by atoms with Crippen molar-refractivity contribution >= 4 is 50.7 Å². The second-order valence-electron chi connectivity index (χ2n) is 5.95. The van der Waals surface area contributed by atoms with Gasteiger partial charge in [-0.25, -0.2) is 4.98 Å². The second-order valence-corrected chi connectivity index (χ2v) is 7.81. The molecular weight excluding hydrogens is 398 g/mol. The molecule has 1 aromatic carbocycles. The van der Waals surface area contributed by atoms with Crippen molar-refractivity contribution in [2.45, 2.75) is 18.6 Å². The zero-order valence-corrected chi connectivity index (χ0v) is 17.1. The van der Waals surface area contributed by atoms with Crippen LogP contribution in [0.5, 0.6) is 0 Å². The number of nitrogens with zero attached hydrogens (tertiary/aromatic N) is 2. The third-order valence-electron chi connectivity index (χ3n) is 3.94. The molecule has 0 atom stereocenters. The summed E-state index contributed by atoms with van der Waals surface area (Å²) in [6.45, 7) is 2.21. The molecule has 0 saturated heterocycles. The minimum Gasteiger partial charge on any atom is -0.383 e. The van der Waals surface area contributed by atoms with E-state index >= 15 is 0 Å². The number of aromatic nitrogens is 2. The van der Waals surface area contributed by atoms with E-state index in [2.05, 4.69) is 10.3 Å². The van der Waals surface area contributed by atoms with E-state index in [0.717, 1.165) is 0 Å². The first-order valence-electron chi connectivity index (χ1n) is 8.50. The van der Waals surface area contributed by atoms with Gasteiger partial charge in [-0.3, -0.25) is 19.0 Å². The maximum Gasteiger partial charge on any atom is 0.272 e. The number of carbonyl (C=O) groups excluding carboxylic acids is 2. The Balaban J connectivity index is 1.75. The zero-order valence-electron chi connectivity index (χ0n) is 15.4. The SMILES string of the molecule is COCCn1c(SCC(=O)Nc2cccc(C(C)=O)c2)nc2ccsc2c1=O. The number of thioether (sulfide) groups is 1. The van der Waals surface area contributed by atoms with E-state index in [-0.39, 0.29) is 23.0 Å². The lowest BCUT2D eigenvalue weighted by molar-refractivity contribution is -0.113. The number of ketones is 1. The quantitative estimate of drug-likeness (QED) is 0.344. The number of rotatable bonds is 8. The van der Waals surface area contributed by atoms with E-state index < -0.39 is 0 Å². The summed E-state index contributed by atoms with van der Waals surface area (Å²) >= 11 is 2.54. The highest BCUT2D eigenvalue weighted by Gasteiger charge is 2.14. The average molecular weight is 418 g/mol. The highest BCUT2D eigenvalue weighted by molar-refractivity contribution is 7.99. The number of carbonyl (C=O) groups is 2. The highest BCUT2D eigenvalue weighted by Crippen LogP contribution is 2.21. The highest BCUT2D eigenvalue weighted by atomic mass is 32.2. The Morgan fingerprint density at radius 2 is 2.14 bits per heavy atom. The molecule has 3 rings (SSSR count). The van der Waals surface area contributed by atoms with Crippen LogP contribution in [-0.4, -0.2) is 40.7 Å². The lowest BCUT2D eigenvalue weighted by atomic mass is 10.1. The van der Waals surface area contributed by atoms with E-state index in [1.54, 1.807) is 37.4 Å². The van der Waals surface area contributed by atoms with Gasteiger partial charge in [-0.15, -0.1) is 11.3 Å². The molecule has 3 aromatic rings. The maximum absolute atomic E-state index is 12.7. The van der Waals surface area contributed by atoms with Crippen LogP contribution in [-0.2, 0) is 16.1 Å². The van der Waals surface area contributed by atoms with Gasteiger partial charge >= 0.3 is 0 Å². The number of hydrogen-bond donors (Lipinski definition) is 1. The number of anilines is 1. The number of benzene rings is 1. The van der Waals surface area contributed by atoms with Crippen molar-refractivity contribution in [3.63, 3.8) is 0 Å². The number of hydrogen-bond acceptors (Lipinski definition) is 7.